The van der Waals surface area contributed by atoms with Crippen LogP contribution in [0.1, 0.15) is 40.0 Å². The second kappa shape index (κ2) is 6.16. The van der Waals surface area contributed by atoms with Crippen LogP contribution in [-0.4, -0.2) is 39.2 Å². The monoisotopic (exact) mass is 338 g/mol. The quantitative estimate of drug-likeness (QED) is 0.730. The highest BCUT2D eigenvalue weighted by Crippen LogP contribution is 2.29. The van der Waals surface area contributed by atoms with Crippen LogP contribution < -0.4 is 0 Å². The predicted octanol–water partition coefficient (Wildman–Crippen LogP) is 2.97. The molecule has 3 aromatic rings. The van der Waals surface area contributed by atoms with Gasteiger partial charge in [0.2, 0.25) is 0 Å². The lowest BCUT2D eigenvalue weighted by molar-refractivity contribution is 0.0788. The zero-order chi connectivity index (χ0) is 17.4. The van der Waals surface area contributed by atoms with Gasteiger partial charge in [-0.05, 0) is 32.4 Å². The fourth-order valence-electron chi connectivity index (χ4n) is 3.20. The average molecular weight is 338 g/mol. The molecule has 1 amide bonds. The van der Waals surface area contributed by atoms with E-state index in [1.54, 1.807) is 18.7 Å². The zero-order valence-electron chi connectivity index (χ0n) is 14.1. The molecule has 7 heteroatoms. The van der Waals surface area contributed by atoms with Gasteiger partial charge in [0.25, 0.3) is 11.8 Å². The van der Waals surface area contributed by atoms with Crippen LogP contribution in [0.25, 0.3) is 11.5 Å². The molecule has 7 nitrogen and oxygen atoms in total. The maximum absolute atomic E-state index is 12.7. The summed E-state index contributed by atoms with van der Waals surface area (Å²) < 4.78 is 10.5. The minimum atomic E-state index is -0.0504. The Morgan fingerprint density at radius 1 is 1.16 bits per heavy atom. The van der Waals surface area contributed by atoms with E-state index in [0.29, 0.717) is 41.8 Å². The van der Waals surface area contributed by atoms with Crippen LogP contribution in [0.3, 0.4) is 0 Å². The Morgan fingerprint density at radius 3 is 2.68 bits per heavy atom. The Morgan fingerprint density at radius 2 is 1.96 bits per heavy atom. The standard InChI is InChI=1S/C18H18N4O3/c1-11-15(12(2)24-20-11)18(23)22-9-8-14(10-22)16-19-17(25-21-16)13-6-4-3-5-7-13/h3-7,14H,8-10H2,1-2H3/t14-/m1/s1. The molecule has 2 aromatic heterocycles. The highest BCUT2D eigenvalue weighted by atomic mass is 16.5. The molecule has 1 saturated heterocycles. The molecule has 0 saturated carbocycles. The number of carbonyl (C=O) groups excluding carboxylic acids is 1. The molecule has 3 heterocycles. The summed E-state index contributed by atoms with van der Waals surface area (Å²) in [6.45, 7) is 4.76. The first-order valence-corrected chi connectivity index (χ1v) is 8.24. The number of hydrogen-bond acceptors (Lipinski definition) is 6. The van der Waals surface area contributed by atoms with Gasteiger partial charge in [0.1, 0.15) is 11.3 Å². The molecule has 0 radical (unpaired) electrons. The van der Waals surface area contributed by atoms with Gasteiger partial charge < -0.3 is 13.9 Å². The Bertz CT molecular complexity index is 881. The molecular formula is C18H18N4O3. The van der Waals surface area contributed by atoms with E-state index in [-0.39, 0.29) is 11.8 Å². The second-order valence-corrected chi connectivity index (χ2v) is 6.26. The third kappa shape index (κ3) is 2.82. The highest BCUT2D eigenvalue weighted by molar-refractivity contribution is 5.96. The molecule has 128 valence electrons. The SMILES string of the molecule is Cc1noc(C)c1C(=O)N1CC[C@@H](c2noc(-c3ccccc3)n2)C1. The molecular weight excluding hydrogens is 320 g/mol. The van der Waals surface area contributed by atoms with Crippen molar-refractivity contribution in [3.8, 4) is 11.5 Å². The van der Waals surface area contributed by atoms with Crippen LogP contribution in [-0.2, 0) is 0 Å². The van der Waals surface area contributed by atoms with E-state index < -0.39 is 0 Å². The number of hydrogen-bond donors (Lipinski definition) is 0. The van der Waals surface area contributed by atoms with Crippen molar-refractivity contribution in [2.45, 2.75) is 26.2 Å². The maximum atomic E-state index is 12.7. The van der Waals surface area contributed by atoms with Crippen molar-refractivity contribution in [3.63, 3.8) is 0 Å². The van der Waals surface area contributed by atoms with Gasteiger partial charge in [-0.1, -0.05) is 28.5 Å². The zero-order valence-corrected chi connectivity index (χ0v) is 14.1. The number of aromatic nitrogens is 3. The van der Waals surface area contributed by atoms with Crippen LogP contribution in [0.5, 0.6) is 0 Å². The summed E-state index contributed by atoms with van der Waals surface area (Å²) in [6.07, 6.45) is 0.808. The van der Waals surface area contributed by atoms with E-state index in [1.165, 1.54) is 0 Å². The maximum Gasteiger partial charge on any atom is 0.259 e. The molecule has 25 heavy (non-hydrogen) atoms. The lowest BCUT2D eigenvalue weighted by Crippen LogP contribution is -2.29. The molecule has 1 aliphatic rings. The first-order chi connectivity index (χ1) is 12.1. The molecule has 0 aliphatic carbocycles. The largest absolute Gasteiger partial charge is 0.361 e. The third-order valence-corrected chi connectivity index (χ3v) is 4.55. The molecule has 1 fully saturated rings. The summed E-state index contributed by atoms with van der Waals surface area (Å²) >= 11 is 0. The van der Waals surface area contributed by atoms with Crippen LogP contribution in [0.15, 0.2) is 39.4 Å². The smallest absolute Gasteiger partial charge is 0.259 e. The van der Waals surface area contributed by atoms with Gasteiger partial charge >= 0.3 is 0 Å². The molecule has 1 atom stereocenters. The normalized spacial score (nSPS) is 17.2. The van der Waals surface area contributed by atoms with Crippen LogP contribution in [0.2, 0.25) is 0 Å². The molecule has 1 aliphatic heterocycles. The number of rotatable bonds is 3. The van der Waals surface area contributed by atoms with E-state index in [4.69, 9.17) is 9.05 Å². The van der Waals surface area contributed by atoms with Crippen LogP contribution in [0, 0.1) is 13.8 Å². The third-order valence-electron chi connectivity index (χ3n) is 4.55. The fourth-order valence-corrected chi connectivity index (χ4v) is 3.20. The molecule has 0 N–H and O–H groups in total. The summed E-state index contributed by atoms with van der Waals surface area (Å²) in [4.78, 5) is 19.0. The summed E-state index contributed by atoms with van der Waals surface area (Å²) in [7, 11) is 0. The van der Waals surface area contributed by atoms with Crippen molar-refractivity contribution in [3.05, 3.63) is 53.2 Å². The van der Waals surface area contributed by atoms with Crippen molar-refractivity contribution in [2.24, 2.45) is 0 Å². The summed E-state index contributed by atoms with van der Waals surface area (Å²) in [5.74, 6) is 1.73. The molecule has 0 unspecified atom stereocenters. The Kier molecular flexibility index (Phi) is 3.83. The van der Waals surface area contributed by atoms with E-state index in [0.717, 1.165) is 12.0 Å². The van der Waals surface area contributed by atoms with Gasteiger partial charge in [-0.15, -0.1) is 0 Å². The topological polar surface area (TPSA) is 85.3 Å². The first-order valence-electron chi connectivity index (χ1n) is 8.24. The lowest BCUT2D eigenvalue weighted by Gasteiger charge is -2.15. The van der Waals surface area contributed by atoms with E-state index >= 15 is 0 Å². The van der Waals surface area contributed by atoms with Gasteiger partial charge in [-0.3, -0.25) is 4.79 Å². The fraction of sp³-hybridized carbons (Fsp3) is 0.333. The van der Waals surface area contributed by atoms with Gasteiger partial charge in [-0.2, -0.15) is 4.98 Å². The van der Waals surface area contributed by atoms with Crippen LogP contribution >= 0.6 is 0 Å². The summed E-state index contributed by atoms with van der Waals surface area (Å²) in [5.41, 5.74) is 2.07. The number of benzene rings is 1. The molecule has 4 rings (SSSR count). The van der Waals surface area contributed by atoms with Gasteiger partial charge in [0.05, 0.1) is 5.69 Å². The summed E-state index contributed by atoms with van der Waals surface area (Å²) in [5, 5.41) is 7.97. The van der Waals surface area contributed by atoms with Crippen molar-refractivity contribution >= 4 is 5.91 Å². The van der Waals surface area contributed by atoms with E-state index in [9.17, 15) is 4.79 Å². The Hall–Kier alpha value is -2.96. The summed E-state index contributed by atoms with van der Waals surface area (Å²) in [6, 6.07) is 9.66. The van der Waals surface area contributed by atoms with Crippen molar-refractivity contribution in [2.75, 3.05) is 13.1 Å². The number of likely N-dealkylation sites (tertiary alicyclic amines) is 1. The van der Waals surface area contributed by atoms with E-state index in [1.807, 2.05) is 30.3 Å². The van der Waals surface area contributed by atoms with Crippen molar-refractivity contribution in [1.29, 1.82) is 0 Å². The van der Waals surface area contributed by atoms with Crippen molar-refractivity contribution in [1.82, 2.24) is 20.2 Å². The average Bonchev–Trinajstić information content (AvgIpc) is 3.35. The van der Waals surface area contributed by atoms with Gasteiger partial charge in [0.15, 0.2) is 5.82 Å². The first kappa shape index (κ1) is 15.6. The number of carbonyl (C=O) groups is 1. The minimum absolute atomic E-state index is 0.0504. The number of aryl methyl sites for hydroxylation is 2. The van der Waals surface area contributed by atoms with Gasteiger partial charge in [0, 0.05) is 24.6 Å². The Labute approximate surface area is 144 Å². The number of nitrogens with zero attached hydrogens (tertiary/aromatic N) is 4. The molecule has 0 bridgehead atoms. The minimum Gasteiger partial charge on any atom is -0.361 e. The lowest BCUT2D eigenvalue weighted by atomic mass is 10.1. The second-order valence-electron chi connectivity index (χ2n) is 6.26. The number of amides is 1. The predicted molar refractivity (Wildman–Crippen MR) is 89.0 cm³/mol. The Balaban J connectivity index is 1.50. The van der Waals surface area contributed by atoms with Crippen molar-refractivity contribution < 1.29 is 13.8 Å². The van der Waals surface area contributed by atoms with Crippen LogP contribution in [0.4, 0.5) is 0 Å². The van der Waals surface area contributed by atoms with Gasteiger partial charge in [-0.25, -0.2) is 0 Å². The highest BCUT2D eigenvalue weighted by Gasteiger charge is 2.33. The van der Waals surface area contributed by atoms with E-state index in [2.05, 4.69) is 15.3 Å². The molecule has 0 spiro atoms. The molecule has 1 aromatic carbocycles.